The largest absolute Gasteiger partial charge is 0.482 e. The standard InChI is InChI=1S/C37H43N3O4S/c1-2-3-4-5-6-7-8-9-10-11-25-39-33(41)23-16-28-14-17-30(18-15-28)36-35(40-37(45-36)31-13-12-24-38-26-31)29-19-21-32(22-20-29)44-27-34(42)43/h12-24,26H,2-11,25,27H2,1H3,(H,39,41)(H,42,43). The van der Waals surface area contributed by atoms with E-state index in [0.29, 0.717) is 12.3 Å². The van der Waals surface area contributed by atoms with Gasteiger partial charge in [0.25, 0.3) is 0 Å². The van der Waals surface area contributed by atoms with Gasteiger partial charge in [-0.1, -0.05) is 89.0 Å². The van der Waals surface area contributed by atoms with Crippen LogP contribution in [0.5, 0.6) is 5.75 Å². The summed E-state index contributed by atoms with van der Waals surface area (Å²) in [5.41, 5.74) is 4.58. The molecule has 8 heteroatoms. The first kappa shape index (κ1) is 33.6. The monoisotopic (exact) mass is 625 g/mol. The van der Waals surface area contributed by atoms with Gasteiger partial charge in [-0.15, -0.1) is 11.3 Å². The number of hydrogen-bond acceptors (Lipinski definition) is 6. The zero-order chi connectivity index (χ0) is 31.7. The van der Waals surface area contributed by atoms with Gasteiger partial charge in [0.05, 0.1) is 10.6 Å². The topological polar surface area (TPSA) is 101 Å². The van der Waals surface area contributed by atoms with Gasteiger partial charge >= 0.3 is 5.97 Å². The highest BCUT2D eigenvalue weighted by molar-refractivity contribution is 7.19. The Hall–Kier alpha value is -4.30. The molecule has 0 fully saturated rings. The first-order valence-corrected chi connectivity index (χ1v) is 16.8. The SMILES string of the molecule is CCCCCCCCCCCCNC(=O)C=Cc1ccc(-c2sc(-c3cccnc3)nc2-c2ccc(OCC(=O)O)cc2)cc1. The van der Waals surface area contributed by atoms with Crippen molar-refractivity contribution in [1.29, 1.82) is 0 Å². The maximum Gasteiger partial charge on any atom is 0.341 e. The third-order valence-corrected chi connectivity index (χ3v) is 8.61. The highest BCUT2D eigenvalue weighted by Crippen LogP contribution is 2.41. The summed E-state index contributed by atoms with van der Waals surface area (Å²) in [6.45, 7) is 2.56. The van der Waals surface area contributed by atoms with E-state index in [1.165, 1.54) is 51.4 Å². The van der Waals surface area contributed by atoms with Crippen molar-refractivity contribution in [3.05, 3.63) is 84.7 Å². The molecule has 0 bridgehead atoms. The minimum absolute atomic E-state index is 0.0726. The Kier molecular flexibility index (Phi) is 13.8. The van der Waals surface area contributed by atoms with Gasteiger partial charge in [0.2, 0.25) is 5.91 Å². The minimum atomic E-state index is -1.02. The number of aliphatic carboxylic acids is 1. The molecular formula is C37H43N3O4S. The average Bonchev–Trinajstić information content (AvgIpc) is 3.52. The highest BCUT2D eigenvalue weighted by atomic mass is 32.1. The number of aromatic nitrogens is 2. The van der Waals surface area contributed by atoms with Crippen molar-refractivity contribution in [3.8, 4) is 38.0 Å². The third-order valence-electron chi connectivity index (χ3n) is 7.46. The van der Waals surface area contributed by atoms with Gasteiger partial charge in [0, 0.05) is 36.1 Å². The molecule has 7 nitrogen and oxygen atoms in total. The molecule has 1 amide bonds. The van der Waals surface area contributed by atoms with E-state index in [1.54, 1.807) is 41.9 Å². The van der Waals surface area contributed by atoms with Crippen LogP contribution in [0.4, 0.5) is 0 Å². The second kappa shape index (κ2) is 18.5. The Bertz CT molecular complexity index is 1500. The van der Waals surface area contributed by atoms with Crippen LogP contribution in [0.1, 0.15) is 76.7 Å². The number of pyridine rings is 1. The van der Waals surface area contributed by atoms with E-state index < -0.39 is 12.6 Å². The number of carbonyl (C=O) groups is 2. The van der Waals surface area contributed by atoms with E-state index in [4.69, 9.17) is 14.8 Å². The van der Waals surface area contributed by atoms with Crippen molar-refractivity contribution in [1.82, 2.24) is 15.3 Å². The van der Waals surface area contributed by atoms with Crippen molar-refractivity contribution in [2.24, 2.45) is 0 Å². The summed E-state index contributed by atoms with van der Waals surface area (Å²) in [4.78, 5) is 33.4. The second-order valence-electron chi connectivity index (χ2n) is 11.1. The number of ether oxygens (including phenoxy) is 1. The van der Waals surface area contributed by atoms with Gasteiger partial charge < -0.3 is 15.2 Å². The highest BCUT2D eigenvalue weighted by Gasteiger charge is 2.16. The summed E-state index contributed by atoms with van der Waals surface area (Å²) in [5, 5.41) is 12.7. The van der Waals surface area contributed by atoms with E-state index in [-0.39, 0.29) is 5.91 Å². The lowest BCUT2D eigenvalue weighted by Crippen LogP contribution is -2.21. The van der Waals surface area contributed by atoms with Crippen LogP contribution in [0, 0.1) is 0 Å². The molecule has 0 spiro atoms. The van der Waals surface area contributed by atoms with Crippen molar-refractivity contribution in [3.63, 3.8) is 0 Å². The quantitative estimate of drug-likeness (QED) is 0.0796. The van der Waals surface area contributed by atoms with E-state index in [0.717, 1.165) is 50.7 Å². The molecule has 4 rings (SSSR count). The molecule has 0 aliphatic heterocycles. The molecule has 236 valence electrons. The zero-order valence-electron chi connectivity index (χ0n) is 26.0. The van der Waals surface area contributed by atoms with Crippen LogP contribution in [0.15, 0.2) is 79.1 Å². The summed E-state index contributed by atoms with van der Waals surface area (Å²) >= 11 is 1.58. The number of benzene rings is 2. The fraction of sp³-hybridized carbons (Fsp3) is 0.351. The number of amides is 1. The fourth-order valence-electron chi connectivity index (χ4n) is 4.98. The van der Waals surface area contributed by atoms with Gasteiger partial charge in [-0.2, -0.15) is 0 Å². The molecule has 0 unspecified atom stereocenters. The molecule has 0 aliphatic rings. The lowest BCUT2D eigenvalue weighted by atomic mass is 10.0. The predicted molar refractivity (Wildman–Crippen MR) is 183 cm³/mol. The lowest BCUT2D eigenvalue weighted by Gasteiger charge is -2.06. The number of carboxylic acid groups (broad SMARTS) is 1. The Morgan fingerprint density at radius 1 is 0.844 bits per heavy atom. The summed E-state index contributed by atoms with van der Waals surface area (Å²) < 4.78 is 5.30. The molecular weight excluding hydrogens is 582 g/mol. The molecule has 45 heavy (non-hydrogen) atoms. The van der Waals surface area contributed by atoms with E-state index in [1.807, 2.05) is 54.6 Å². The van der Waals surface area contributed by atoms with Gasteiger partial charge in [0.1, 0.15) is 10.8 Å². The number of thiazole rings is 1. The second-order valence-corrected chi connectivity index (χ2v) is 12.1. The summed E-state index contributed by atoms with van der Waals surface area (Å²) in [6.07, 6.45) is 19.7. The molecule has 4 aromatic rings. The van der Waals surface area contributed by atoms with Crippen LogP contribution < -0.4 is 10.1 Å². The van der Waals surface area contributed by atoms with Crippen molar-refractivity contribution < 1.29 is 19.4 Å². The van der Waals surface area contributed by atoms with Crippen LogP contribution >= 0.6 is 11.3 Å². The molecule has 0 radical (unpaired) electrons. The van der Waals surface area contributed by atoms with E-state index in [9.17, 15) is 9.59 Å². The predicted octanol–water partition coefficient (Wildman–Crippen LogP) is 9.05. The lowest BCUT2D eigenvalue weighted by molar-refractivity contribution is -0.139. The Labute approximate surface area is 270 Å². The fourth-order valence-corrected chi connectivity index (χ4v) is 6.06. The number of nitrogens with zero attached hydrogens (tertiary/aromatic N) is 2. The summed E-state index contributed by atoms with van der Waals surface area (Å²) in [5.74, 6) is -0.615. The van der Waals surface area contributed by atoms with Gasteiger partial charge in [0.15, 0.2) is 6.61 Å². The first-order chi connectivity index (χ1) is 22.0. The number of unbranched alkanes of at least 4 members (excludes halogenated alkanes) is 9. The number of carboxylic acids is 1. The van der Waals surface area contributed by atoms with Crippen molar-refractivity contribution in [2.45, 2.75) is 71.1 Å². The normalized spacial score (nSPS) is 11.1. The molecule has 2 N–H and O–H groups in total. The molecule has 0 saturated heterocycles. The number of hydrogen-bond donors (Lipinski definition) is 2. The smallest absolute Gasteiger partial charge is 0.341 e. The molecule has 0 aliphatic carbocycles. The maximum absolute atomic E-state index is 12.4. The molecule has 2 aromatic heterocycles. The van der Waals surface area contributed by atoms with E-state index >= 15 is 0 Å². The van der Waals surface area contributed by atoms with Gasteiger partial charge in [-0.25, -0.2) is 9.78 Å². The van der Waals surface area contributed by atoms with E-state index in [2.05, 4.69) is 17.2 Å². The number of carbonyl (C=O) groups excluding carboxylic acids is 1. The van der Waals surface area contributed by atoms with Crippen molar-refractivity contribution >= 4 is 29.3 Å². The molecule has 2 heterocycles. The van der Waals surface area contributed by atoms with Gasteiger partial charge in [-0.05, 0) is 60.0 Å². The van der Waals surface area contributed by atoms with Crippen LogP contribution in [0.25, 0.3) is 38.3 Å². The molecule has 0 atom stereocenters. The molecule has 0 saturated carbocycles. The summed E-state index contributed by atoms with van der Waals surface area (Å²) in [7, 11) is 0. The number of rotatable bonds is 19. The average molecular weight is 626 g/mol. The van der Waals surface area contributed by atoms with Crippen LogP contribution in [-0.2, 0) is 9.59 Å². The Morgan fingerprint density at radius 3 is 2.16 bits per heavy atom. The Balaban J connectivity index is 1.33. The minimum Gasteiger partial charge on any atom is -0.482 e. The van der Waals surface area contributed by atoms with Crippen LogP contribution in [0.2, 0.25) is 0 Å². The third kappa shape index (κ3) is 11.3. The summed E-state index contributed by atoms with van der Waals surface area (Å²) in [6, 6.07) is 19.2. The van der Waals surface area contributed by atoms with Crippen LogP contribution in [0.3, 0.4) is 0 Å². The van der Waals surface area contributed by atoms with Crippen molar-refractivity contribution in [2.75, 3.05) is 13.2 Å². The van der Waals surface area contributed by atoms with Gasteiger partial charge in [-0.3, -0.25) is 9.78 Å². The van der Waals surface area contributed by atoms with Crippen LogP contribution in [-0.4, -0.2) is 40.1 Å². The number of nitrogens with one attached hydrogen (secondary N) is 1. The maximum atomic E-state index is 12.4. The zero-order valence-corrected chi connectivity index (χ0v) is 26.9. The molecule has 2 aromatic carbocycles. The first-order valence-electron chi connectivity index (χ1n) is 16.0. The Morgan fingerprint density at radius 2 is 1.51 bits per heavy atom.